The summed E-state index contributed by atoms with van der Waals surface area (Å²) in [6, 6.07) is 1.86. The van der Waals surface area contributed by atoms with Gasteiger partial charge in [0.05, 0.1) is 25.1 Å². The highest BCUT2D eigenvalue weighted by atomic mass is 32.1. The van der Waals surface area contributed by atoms with E-state index in [0.717, 1.165) is 4.88 Å². The molecule has 0 saturated heterocycles. The van der Waals surface area contributed by atoms with E-state index in [2.05, 4.69) is 18.8 Å². The van der Waals surface area contributed by atoms with Gasteiger partial charge in [-0.05, 0) is 12.0 Å². The maximum Gasteiger partial charge on any atom is 0.329 e. The lowest BCUT2D eigenvalue weighted by Crippen LogP contribution is -2.36. The number of hydrogen-bond acceptors (Lipinski definition) is 5. The van der Waals surface area contributed by atoms with Gasteiger partial charge in [-0.3, -0.25) is 14.3 Å². The number of hydrogen-bond donors (Lipinski definition) is 2. The van der Waals surface area contributed by atoms with E-state index in [1.807, 2.05) is 6.07 Å². The van der Waals surface area contributed by atoms with Crippen molar-refractivity contribution in [1.82, 2.24) is 9.55 Å². The second kappa shape index (κ2) is 6.34. The minimum atomic E-state index is -0.393. The van der Waals surface area contributed by atoms with Crippen molar-refractivity contribution in [2.45, 2.75) is 26.3 Å². The van der Waals surface area contributed by atoms with Gasteiger partial charge >= 0.3 is 5.69 Å². The number of nitrogens with zero attached hydrogens (tertiary/aromatic N) is 1. The zero-order chi connectivity index (χ0) is 14.7. The summed E-state index contributed by atoms with van der Waals surface area (Å²) in [6.45, 7) is 5.49. The lowest BCUT2D eigenvalue weighted by Gasteiger charge is -2.05. The largest absolute Gasteiger partial charge is 0.378 e. The molecule has 0 saturated carbocycles. The number of nitrogens with one attached hydrogen (secondary N) is 1. The topological polar surface area (TPSA) is 90.1 Å². The Morgan fingerprint density at radius 3 is 2.80 bits per heavy atom. The molecular formula is C13H19N3O3S. The van der Waals surface area contributed by atoms with Crippen LogP contribution in [-0.2, 0) is 11.3 Å². The Labute approximate surface area is 120 Å². The second-order valence-corrected chi connectivity index (χ2v) is 5.92. The van der Waals surface area contributed by atoms with Crippen LogP contribution in [0, 0.1) is 0 Å². The molecule has 2 heterocycles. The highest BCUT2D eigenvalue weighted by molar-refractivity contribution is 7.18. The zero-order valence-corrected chi connectivity index (χ0v) is 12.5. The Bertz CT molecular complexity index is 699. The quantitative estimate of drug-likeness (QED) is 0.773. The summed E-state index contributed by atoms with van der Waals surface area (Å²) < 4.78 is 6.39. The molecule has 20 heavy (non-hydrogen) atoms. The first kappa shape index (κ1) is 15.0. The van der Waals surface area contributed by atoms with Crippen molar-refractivity contribution in [3.63, 3.8) is 0 Å². The standard InChI is InChI=1S/C13H19N3O3S/c1-8(2)10-7-9-11(20-10)15-13(18)16(12(9)17)4-6-19-5-3-14/h7-8H,3-6,14H2,1-2H3,(H,15,18). The Kier molecular flexibility index (Phi) is 4.74. The molecule has 0 spiro atoms. The number of aromatic amines is 1. The van der Waals surface area contributed by atoms with Crippen LogP contribution in [0.15, 0.2) is 15.7 Å². The van der Waals surface area contributed by atoms with Gasteiger partial charge in [-0.15, -0.1) is 11.3 Å². The van der Waals surface area contributed by atoms with E-state index in [0.29, 0.717) is 35.9 Å². The third-order valence-electron chi connectivity index (χ3n) is 2.98. The van der Waals surface area contributed by atoms with E-state index in [-0.39, 0.29) is 12.1 Å². The monoisotopic (exact) mass is 297 g/mol. The normalized spacial score (nSPS) is 11.6. The second-order valence-electron chi connectivity index (χ2n) is 4.83. The van der Waals surface area contributed by atoms with E-state index >= 15 is 0 Å². The van der Waals surface area contributed by atoms with Gasteiger partial charge in [0.2, 0.25) is 0 Å². The summed E-state index contributed by atoms with van der Waals surface area (Å²) in [7, 11) is 0. The molecule has 2 rings (SSSR count). The summed E-state index contributed by atoms with van der Waals surface area (Å²) >= 11 is 1.46. The minimum absolute atomic E-state index is 0.233. The molecule has 2 aromatic rings. The average Bonchev–Trinajstić information content (AvgIpc) is 2.82. The van der Waals surface area contributed by atoms with Crippen molar-refractivity contribution < 1.29 is 4.74 Å². The number of aromatic nitrogens is 2. The Hall–Kier alpha value is -1.44. The van der Waals surface area contributed by atoms with Gasteiger partial charge in [0, 0.05) is 11.4 Å². The number of fused-ring (bicyclic) bond motifs is 1. The van der Waals surface area contributed by atoms with E-state index in [1.165, 1.54) is 15.9 Å². The predicted octanol–water partition coefficient (Wildman–Crippen LogP) is 0.850. The molecule has 0 amide bonds. The van der Waals surface area contributed by atoms with Crippen molar-refractivity contribution >= 4 is 21.6 Å². The molecular weight excluding hydrogens is 278 g/mol. The molecule has 0 aliphatic heterocycles. The first-order valence-corrected chi connectivity index (χ1v) is 7.40. The van der Waals surface area contributed by atoms with Crippen molar-refractivity contribution in [2.75, 3.05) is 19.8 Å². The Morgan fingerprint density at radius 2 is 2.15 bits per heavy atom. The first-order valence-electron chi connectivity index (χ1n) is 6.59. The molecule has 6 nitrogen and oxygen atoms in total. The van der Waals surface area contributed by atoms with Crippen LogP contribution in [0.4, 0.5) is 0 Å². The summed E-state index contributed by atoms with van der Waals surface area (Å²) in [5.41, 5.74) is 4.66. The summed E-state index contributed by atoms with van der Waals surface area (Å²) in [4.78, 5) is 28.7. The van der Waals surface area contributed by atoms with Gasteiger partial charge in [-0.1, -0.05) is 13.8 Å². The maximum atomic E-state index is 12.3. The van der Waals surface area contributed by atoms with E-state index in [9.17, 15) is 9.59 Å². The zero-order valence-electron chi connectivity index (χ0n) is 11.6. The van der Waals surface area contributed by atoms with Gasteiger partial charge in [-0.2, -0.15) is 0 Å². The molecule has 0 unspecified atom stereocenters. The molecule has 3 N–H and O–H groups in total. The van der Waals surface area contributed by atoms with Crippen LogP contribution in [0.25, 0.3) is 10.2 Å². The summed E-state index contributed by atoms with van der Waals surface area (Å²) in [5.74, 6) is 0.330. The van der Waals surface area contributed by atoms with Crippen LogP contribution < -0.4 is 17.0 Å². The maximum absolute atomic E-state index is 12.3. The molecule has 0 aromatic carbocycles. The minimum Gasteiger partial charge on any atom is -0.378 e. The van der Waals surface area contributed by atoms with E-state index in [1.54, 1.807) is 0 Å². The van der Waals surface area contributed by atoms with E-state index < -0.39 is 5.69 Å². The molecule has 0 fully saturated rings. The van der Waals surface area contributed by atoms with Crippen LogP contribution in [0.5, 0.6) is 0 Å². The molecule has 110 valence electrons. The summed E-state index contributed by atoms with van der Waals surface area (Å²) in [6.07, 6.45) is 0. The van der Waals surface area contributed by atoms with E-state index in [4.69, 9.17) is 10.5 Å². The van der Waals surface area contributed by atoms with Crippen molar-refractivity contribution in [3.05, 3.63) is 31.8 Å². The van der Waals surface area contributed by atoms with Crippen molar-refractivity contribution in [3.8, 4) is 0 Å². The van der Waals surface area contributed by atoms with Gasteiger partial charge in [0.1, 0.15) is 4.83 Å². The highest BCUT2D eigenvalue weighted by Gasteiger charge is 2.12. The fourth-order valence-corrected chi connectivity index (χ4v) is 2.94. The fraction of sp³-hybridized carbons (Fsp3) is 0.538. The number of H-pyrrole nitrogens is 1. The molecule has 0 aliphatic carbocycles. The molecule has 2 aromatic heterocycles. The average molecular weight is 297 g/mol. The smallest absolute Gasteiger partial charge is 0.329 e. The SMILES string of the molecule is CC(C)c1cc2c(=O)n(CCOCCN)c(=O)[nH]c2s1. The van der Waals surface area contributed by atoms with Gasteiger partial charge in [0.15, 0.2) is 0 Å². The van der Waals surface area contributed by atoms with Crippen molar-refractivity contribution in [2.24, 2.45) is 5.73 Å². The molecule has 0 bridgehead atoms. The van der Waals surface area contributed by atoms with Crippen LogP contribution in [0.2, 0.25) is 0 Å². The number of nitrogens with two attached hydrogens (primary N) is 1. The number of rotatable bonds is 6. The van der Waals surface area contributed by atoms with Crippen LogP contribution in [0.1, 0.15) is 24.6 Å². The van der Waals surface area contributed by atoms with Gasteiger partial charge in [0.25, 0.3) is 5.56 Å². The van der Waals surface area contributed by atoms with Crippen molar-refractivity contribution in [1.29, 1.82) is 0 Å². The number of ether oxygens (including phenoxy) is 1. The molecule has 0 aliphatic rings. The molecule has 0 atom stereocenters. The Balaban J connectivity index is 2.36. The van der Waals surface area contributed by atoms with Gasteiger partial charge in [-0.25, -0.2) is 4.79 Å². The first-order chi connectivity index (χ1) is 9.54. The van der Waals surface area contributed by atoms with Crippen LogP contribution in [-0.4, -0.2) is 29.3 Å². The third-order valence-corrected chi connectivity index (χ3v) is 4.33. The van der Waals surface area contributed by atoms with Gasteiger partial charge < -0.3 is 10.5 Å². The van der Waals surface area contributed by atoms with Crippen LogP contribution in [0.3, 0.4) is 0 Å². The fourth-order valence-electron chi connectivity index (χ4n) is 1.89. The molecule has 7 heteroatoms. The third kappa shape index (κ3) is 3.00. The summed E-state index contributed by atoms with van der Waals surface area (Å²) in [5, 5.41) is 0.567. The lowest BCUT2D eigenvalue weighted by molar-refractivity contribution is 0.132. The highest BCUT2D eigenvalue weighted by Crippen LogP contribution is 2.26. The predicted molar refractivity (Wildman–Crippen MR) is 80.7 cm³/mol. The lowest BCUT2D eigenvalue weighted by atomic mass is 10.2. The number of thiophene rings is 1. The molecule has 0 radical (unpaired) electrons. The van der Waals surface area contributed by atoms with Crippen LogP contribution >= 0.6 is 11.3 Å². The Morgan fingerprint density at radius 1 is 1.40 bits per heavy atom.